The highest BCUT2D eigenvalue weighted by Crippen LogP contribution is 2.36. The van der Waals surface area contributed by atoms with Gasteiger partial charge in [-0.1, -0.05) is 25.7 Å². The van der Waals surface area contributed by atoms with Gasteiger partial charge >= 0.3 is 0 Å². The van der Waals surface area contributed by atoms with Crippen LogP contribution in [0.5, 0.6) is 0 Å². The summed E-state index contributed by atoms with van der Waals surface area (Å²) in [6.45, 7) is 3.11. The van der Waals surface area contributed by atoms with Crippen LogP contribution in [0.4, 0.5) is 4.39 Å². The zero-order chi connectivity index (χ0) is 10.7. The van der Waals surface area contributed by atoms with Crippen LogP contribution in [-0.4, -0.2) is 18.3 Å². The van der Waals surface area contributed by atoms with Gasteiger partial charge in [0.1, 0.15) is 6.17 Å². The molecule has 1 saturated carbocycles. The van der Waals surface area contributed by atoms with Crippen LogP contribution in [0.25, 0.3) is 0 Å². The molecule has 1 saturated heterocycles. The lowest BCUT2D eigenvalue weighted by Gasteiger charge is -2.43. The number of nitrogens with one attached hydrogen (secondary N) is 1. The summed E-state index contributed by atoms with van der Waals surface area (Å²) in [5.74, 6) is 0.707. The molecule has 2 aliphatic rings. The number of rotatable bonds is 1. The Balaban J connectivity index is 1.98. The van der Waals surface area contributed by atoms with Gasteiger partial charge in [0.25, 0.3) is 0 Å². The van der Waals surface area contributed by atoms with E-state index in [1.807, 2.05) is 0 Å². The van der Waals surface area contributed by atoms with Crippen molar-refractivity contribution in [2.75, 3.05) is 6.54 Å². The Labute approximate surface area is 92.8 Å². The summed E-state index contributed by atoms with van der Waals surface area (Å²) in [4.78, 5) is 0. The van der Waals surface area contributed by atoms with Gasteiger partial charge in [-0.05, 0) is 45.1 Å². The van der Waals surface area contributed by atoms with E-state index in [0.717, 1.165) is 13.0 Å². The fourth-order valence-corrected chi connectivity index (χ4v) is 3.38. The van der Waals surface area contributed by atoms with Crippen molar-refractivity contribution < 1.29 is 4.39 Å². The molecule has 0 amide bonds. The average Bonchev–Trinajstić information content (AvgIpc) is 2.45. The van der Waals surface area contributed by atoms with Crippen LogP contribution in [0.15, 0.2) is 0 Å². The van der Waals surface area contributed by atoms with Crippen LogP contribution in [-0.2, 0) is 0 Å². The van der Waals surface area contributed by atoms with Crippen LogP contribution in [0, 0.1) is 5.92 Å². The molecule has 0 spiro atoms. The first-order chi connectivity index (χ1) is 7.21. The molecular weight excluding hydrogens is 189 g/mol. The Hall–Kier alpha value is -0.110. The normalized spacial score (nSPS) is 40.0. The summed E-state index contributed by atoms with van der Waals surface area (Å²) < 4.78 is 13.5. The van der Waals surface area contributed by atoms with Crippen molar-refractivity contribution in [1.82, 2.24) is 5.32 Å². The highest BCUT2D eigenvalue weighted by atomic mass is 19.1. The summed E-state index contributed by atoms with van der Waals surface area (Å²) >= 11 is 0. The predicted octanol–water partition coefficient (Wildman–Crippen LogP) is 3.44. The molecule has 0 aromatic heterocycles. The molecule has 0 aromatic carbocycles. The Kier molecular flexibility index (Phi) is 3.65. The number of hydrogen-bond acceptors (Lipinski definition) is 1. The lowest BCUT2D eigenvalue weighted by molar-refractivity contribution is 0.105. The molecule has 1 nitrogen and oxygen atoms in total. The van der Waals surface area contributed by atoms with Gasteiger partial charge in [-0.15, -0.1) is 0 Å². The van der Waals surface area contributed by atoms with E-state index in [1.165, 1.54) is 38.5 Å². The minimum Gasteiger partial charge on any atom is -0.311 e. The molecule has 88 valence electrons. The van der Waals surface area contributed by atoms with Crippen molar-refractivity contribution in [3.63, 3.8) is 0 Å². The van der Waals surface area contributed by atoms with Gasteiger partial charge in [-0.3, -0.25) is 0 Å². The molecule has 15 heavy (non-hydrogen) atoms. The van der Waals surface area contributed by atoms with E-state index < -0.39 is 6.17 Å². The van der Waals surface area contributed by atoms with E-state index in [4.69, 9.17) is 0 Å². The third kappa shape index (κ3) is 2.72. The minimum atomic E-state index is -0.570. The number of alkyl halides is 1. The van der Waals surface area contributed by atoms with Crippen molar-refractivity contribution >= 4 is 0 Å². The molecule has 2 rings (SSSR count). The third-order valence-electron chi connectivity index (χ3n) is 4.39. The van der Waals surface area contributed by atoms with Crippen molar-refractivity contribution in [2.24, 2.45) is 5.92 Å². The Bertz CT molecular complexity index is 199. The average molecular weight is 213 g/mol. The molecule has 0 aromatic rings. The second kappa shape index (κ2) is 4.82. The monoisotopic (exact) mass is 213 g/mol. The molecule has 2 unspecified atom stereocenters. The van der Waals surface area contributed by atoms with Crippen molar-refractivity contribution in [1.29, 1.82) is 0 Å². The van der Waals surface area contributed by atoms with Gasteiger partial charge in [0.15, 0.2) is 0 Å². The first-order valence-electron chi connectivity index (χ1n) is 6.60. The second-order valence-electron chi connectivity index (χ2n) is 5.62. The maximum atomic E-state index is 13.5. The number of hydrogen-bond donors (Lipinski definition) is 1. The summed E-state index contributed by atoms with van der Waals surface area (Å²) in [5, 5.41) is 3.58. The van der Waals surface area contributed by atoms with Crippen LogP contribution in [0.3, 0.4) is 0 Å². The smallest absolute Gasteiger partial charge is 0.103 e. The van der Waals surface area contributed by atoms with Gasteiger partial charge in [0, 0.05) is 5.54 Å². The molecule has 2 fully saturated rings. The lowest BCUT2D eigenvalue weighted by Crippen LogP contribution is -2.54. The van der Waals surface area contributed by atoms with Gasteiger partial charge in [-0.25, -0.2) is 4.39 Å². The summed E-state index contributed by atoms with van der Waals surface area (Å²) in [6, 6.07) is 0. The van der Waals surface area contributed by atoms with E-state index in [9.17, 15) is 4.39 Å². The molecule has 1 aliphatic carbocycles. The second-order valence-corrected chi connectivity index (χ2v) is 5.62. The Morgan fingerprint density at radius 1 is 1.07 bits per heavy atom. The van der Waals surface area contributed by atoms with Gasteiger partial charge in [0.2, 0.25) is 0 Å². The zero-order valence-electron chi connectivity index (χ0n) is 9.90. The summed E-state index contributed by atoms with van der Waals surface area (Å²) in [5.41, 5.74) is 0.0853. The topological polar surface area (TPSA) is 12.0 Å². The molecule has 0 radical (unpaired) electrons. The maximum absolute atomic E-state index is 13.5. The summed E-state index contributed by atoms with van der Waals surface area (Å²) in [6.07, 6.45) is 8.93. The SMILES string of the molecule is CC1(C2CCCCCC2)CC(F)CCN1. The van der Waals surface area contributed by atoms with Crippen LogP contribution in [0.2, 0.25) is 0 Å². The zero-order valence-corrected chi connectivity index (χ0v) is 9.90. The van der Waals surface area contributed by atoms with Crippen molar-refractivity contribution in [3.05, 3.63) is 0 Å². The molecule has 2 heteroatoms. The predicted molar refractivity (Wildman–Crippen MR) is 61.7 cm³/mol. The van der Waals surface area contributed by atoms with E-state index in [2.05, 4.69) is 12.2 Å². The fraction of sp³-hybridized carbons (Fsp3) is 1.00. The van der Waals surface area contributed by atoms with E-state index in [-0.39, 0.29) is 5.54 Å². The van der Waals surface area contributed by atoms with Crippen molar-refractivity contribution in [3.8, 4) is 0 Å². The molecule has 0 bridgehead atoms. The van der Waals surface area contributed by atoms with Gasteiger partial charge < -0.3 is 5.32 Å². The lowest BCUT2D eigenvalue weighted by atomic mass is 9.75. The van der Waals surface area contributed by atoms with Crippen LogP contribution < -0.4 is 5.32 Å². The molecule has 1 aliphatic heterocycles. The Morgan fingerprint density at radius 3 is 2.33 bits per heavy atom. The highest BCUT2D eigenvalue weighted by Gasteiger charge is 2.38. The van der Waals surface area contributed by atoms with Crippen LogP contribution >= 0.6 is 0 Å². The first-order valence-corrected chi connectivity index (χ1v) is 6.60. The van der Waals surface area contributed by atoms with Gasteiger partial charge in [0.05, 0.1) is 0 Å². The molecule has 1 N–H and O–H groups in total. The van der Waals surface area contributed by atoms with Crippen LogP contribution in [0.1, 0.15) is 58.3 Å². The van der Waals surface area contributed by atoms with E-state index in [0.29, 0.717) is 12.3 Å². The quantitative estimate of drug-likeness (QED) is 0.658. The Morgan fingerprint density at radius 2 is 1.73 bits per heavy atom. The molecule has 2 atom stereocenters. The standard InChI is InChI=1S/C13H24FN/c1-13(10-12(14)8-9-15-13)11-6-4-2-3-5-7-11/h11-12,15H,2-10H2,1H3. The van der Waals surface area contributed by atoms with Gasteiger partial charge in [-0.2, -0.15) is 0 Å². The highest BCUT2D eigenvalue weighted by molar-refractivity contribution is 4.96. The van der Waals surface area contributed by atoms with E-state index >= 15 is 0 Å². The maximum Gasteiger partial charge on any atom is 0.103 e. The number of halogens is 1. The molecule has 1 heterocycles. The first kappa shape index (κ1) is 11.4. The van der Waals surface area contributed by atoms with E-state index in [1.54, 1.807) is 0 Å². The fourth-order valence-electron chi connectivity index (χ4n) is 3.38. The minimum absolute atomic E-state index is 0.0853. The number of piperidine rings is 1. The third-order valence-corrected chi connectivity index (χ3v) is 4.39. The molecular formula is C13H24FN. The van der Waals surface area contributed by atoms with Crippen molar-refractivity contribution in [2.45, 2.75) is 70.0 Å². The summed E-state index contributed by atoms with van der Waals surface area (Å²) in [7, 11) is 0. The largest absolute Gasteiger partial charge is 0.311 e.